The standard InChI is InChI=1S/C15H18F3S.BrO3/c1-5-12-8-10-6-7-11(14(2,3)4)9-13(10)19(12)15(16,17)18;2-1(3)4/h6-9H,5H2,1-4H3;/q+1;-1. The van der Waals surface area contributed by atoms with E-state index in [1.165, 1.54) is 0 Å². The van der Waals surface area contributed by atoms with Crippen molar-refractivity contribution in [3.05, 3.63) is 34.7 Å². The van der Waals surface area contributed by atoms with Gasteiger partial charge in [0, 0.05) is 23.9 Å². The van der Waals surface area contributed by atoms with E-state index in [1.54, 1.807) is 19.1 Å². The highest BCUT2D eigenvalue weighted by molar-refractivity contribution is 7.38. The molecule has 1 aromatic heterocycles. The maximum absolute atomic E-state index is 13.3. The molecule has 1 aromatic carbocycles. The molecular weight excluding hydrogens is 397 g/mol. The molecule has 0 aliphatic rings. The average Bonchev–Trinajstić information content (AvgIpc) is 2.73. The number of hydrogen-bond donors (Lipinski definition) is 0. The first-order valence-electron chi connectivity index (χ1n) is 6.77. The van der Waals surface area contributed by atoms with Gasteiger partial charge in [-0.3, -0.25) is 0 Å². The first-order valence-corrected chi connectivity index (χ1v) is 9.94. The summed E-state index contributed by atoms with van der Waals surface area (Å²) >= 11 is -3.65. The third-order valence-corrected chi connectivity index (χ3v) is 5.45. The predicted molar refractivity (Wildman–Crippen MR) is 75.8 cm³/mol. The number of fused-ring (bicyclic) bond motifs is 1. The van der Waals surface area contributed by atoms with Crippen LogP contribution in [0.2, 0.25) is 0 Å². The molecule has 0 aliphatic heterocycles. The van der Waals surface area contributed by atoms with Crippen LogP contribution in [0.3, 0.4) is 0 Å². The van der Waals surface area contributed by atoms with Crippen molar-refractivity contribution in [3.63, 3.8) is 0 Å². The molecule has 1 atom stereocenters. The van der Waals surface area contributed by atoms with E-state index in [9.17, 15) is 13.2 Å². The maximum Gasteiger partial charge on any atom is 0.600 e. The van der Waals surface area contributed by atoms with Gasteiger partial charge in [-0.05, 0) is 17.0 Å². The lowest BCUT2D eigenvalue weighted by Crippen LogP contribution is -2.42. The molecule has 2 rings (SSSR count). The van der Waals surface area contributed by atoms with Crippen LogP contribution in [0.1, 0.15) is 38.1 Å². The van der Waals surface area contributed by atoms with E-state index in [1.807, 2.05) is 32.9 Å². The van der Waals surface area contributed by atoms with Crippen molar-refractivity contribution in [2.24, 2.45) is 0 Å². The molecule has 3 nitrogen and oxygen atoms in total. The quantitative estimate of drug-likeness (QED) is 0.672. The first-order chi connectivity index (χ1) is 10.4. The summed E-state index contributed by atoms with van der Waals surface area (Å²) in [6.45, 7) is 7.84. The summed E-state index contributed by atoms with van der Waals surface area (Å²) in [7, 11) is -1.74. The molecule has 23 heavy (non-hydrogen) atoms. The molecule has 0 bridgehead atoms. The Balaban J connectivity index is 0.000000593. The van der Waals surface area contributed by atoms with Gasteiger partial charge in [-0.15, -0.1) is 13.2 Å². The smallest absolute Gasteiger partial charge is 0.405 e. The van der Waals surface area contributed by atoms with Gasteiger partial charge < -0.3 is 12.6 Å². The molecular formula is C15H18BrF3O3S. The minimum absolute atomic E-state index is 0.134. The lowest BCUT2D eigenvalue weighted by atomic mass is 9.87. The van der Waals surface area contributed by atoms with Crippen LogP contribution in [-0.2, 0) is 17.3 Å². The van der Waals surface area contributed by atoms with Crippen molar-refractivity contribution in [2.45, 2.75) is 45.0 Å². The zero-order valence-electron chi connectivity index (χ0n) is 13.2. The Bertz CT molecular complexity index is 658. The van der Waals surface area contributed by atoms with E-state index in [4.69, 9.17) is 12.6 Å². The zero-order chi connectivity index (χ0) is 18.0. The molecule has 0 amide bonds. The van der Waals surface area contributed by atoms with E-state index in [-0.39, 0.29) is 5.41 Å². The van der Waals surface area contributed by atoms with Crippen LogP contribution in [-0.4, -0.2) is 0 Å². The SMILES string of the molecule is CCc1cc2ccc(C(C)(C)C)cc2[s+]1C(F)(F)F.[O-][Br+2]([O-])[O-]. The lowest BCUT2D eigenvalue weighted by molar-refractivity contribution is -1.73. The number of thiophene rings is 1. The van der Waals surface area contributed by atoms with Gasteiger partial charge in [0.1, 0.15) is 0 Å². The third-order valence-electron chi connectivity index (χ3n) is 3.26. The van der Waals surface area contributed by atoms with E-state index < -0.39 is 30.8 Å². The number of benzene rings is 1. The van der Waals surface area contributed by atoms with Crippen LogP contribution in [0.4, 0.5) is 13.2 Å². The van der Waals surface area contributed by atoms with Crippen molar-refractivity contribution < 1.29 is 40.6 Å². The minimum Gasteiger partial charge on any atom is -0.405 e. The second-order valence-corrected chi connectivity index (χ2v) is 8.74. The second kappa shape index (κ2) is 7.48. The van der Waals surface area contributed by atoms with Gasteiger partial charge in [-0.2, -0.15) is 0 Å². The summed E-state index contributed by atoms with van der Waals surface area (Å²) in [5, 5.41) is 0.727. The number of halogens is 4. The van der Waals surface area contributed by atoms with Crippen LogP contribution < -0.4 is 12.6 Å². The Hall–Kier alpha value is -0.670. The summed E-state index contributed by atoms with van der Waals surface area (Å²) in [5.41, 5.74) is -3.35. The highest BCUT2D eigenvalue weighted by atomic mass is 80.0. The van der Waals surface area contributed by atoms with Crippen LogP contribution in [0, 0.1) is 14.8 Å². The van der Waals surface area contributed by atoms with Crippen LogP contribution in [0.5, 0.6) is 0 Å². The first kappa shape index (κ1) is 20.4. The van der Waals surface area contributed by atoms with Crippen LogP contribution in [0.25, 0.3) is 10.1 Å². The molecule has 0 spiro atoms. The summed E-state index contributed by atoms with van der Waals surface area (Å²) in [5.74, 6) is 0. The fourth-order valence-corrected chi connectivity index (χ4v) is 4.16. The zero-order valence-corrected chi connectivity index (χ0v) is 15.6. The molecule has 130 valence electrons. The van der Waals surface area contributed by atoms with Crippen molar-refractivity contribution in [1.29, 1.82) is 0 Å². The predicted octanol–water partition coefficient (Wildman–Crippen LogP) is 2.36. The van der Waals surface area contributed by atoms with Crippen molar-refractivity contribution in [3.8, 4) is 0 Å². The van der Waals surface area contributed by atoms with Crippen molar-refractivity contribution in [2.75, 3.05) is 0 Å². The molecule has 2 aromatic rings. The molecule has 0 saturated carbocycles. The summed E-state index contributed by atoms with van der Waals surface area (Å²) in [4.78, 5) is 0.494. The Labute approximate surface area is 141 Å². The van der Waals surface area contributed by atoms with Crippen molar-refractivity contribution in [1.82, 2.24) is 0 Å². The lowest BCUT2D eigenvalue weighted by Gasteiger charge is -2.18. The maximum atomic E-state index is 13.3. The van der Waals surface area contributed by atoms with Gasteiger partial charge in [0.05, 0.1) is 10.5 Å². The summed E-state index contributed by atoms with van der Waals surface area (Å²) < 4.78 is 65.8. The Morgan fingerprint density at radius 1 is 1.04 bits per heavy atom. The number of rotatable bonds is 1. The molecule has 1 heterocycles. The van der Waals surface area contributed by atoms with Gasteiger partial charge in [-0.25, -0.2) is 0 Å². The van der Waals surface area contributed by atoms with Gasteiger partial charge >= 0.3 is 5.51 Å². The van der Waals surface area contributed by atoms with Crippen LogP contribution in [0.15, 0.2) is 24.3 Å². The van der Waals surface area contributed by atoms with E-state index in [0.29, 0.717) is 16.0 Å². The molecule has 0 fully saturated rings. The van der Waals surface area contributed by atoms with Gasteiger partial charge in [-0.1, -0.05) is 33.8 Å². The molecule has 1 unspecified atom stereocenters. The second-order valence-electron chi connectivity index (χ2n) is 5.91. The normalized spacial score (nSPS) is 13.3. The topological polar surface area (TPSA) is 69.2 Å². The Morgan fingerprint density at radius 2 is 1.57 bits per heavy atom. The van der Waals surface area contributed by atoms with Crippen LogP contribution >= 0.6 is 10.5 Å². The highest BCUT2D eigenvalue weighted by Crippen LogP contribution is 2.51. The molecule has 0 aliphatic carbocycles. The summed E-state index contributed by atoms with van der Waals surface area (Å²) in [6.07, 6.45) is 0.447. The third kappa shape index (κ3) is 5.42. The fourth-order valence-electron chi connectivity index (χ4n) is 2.19. The van der Waals surface area contributed by atoms with Gasteiger partial charge in [0.2, 0.25) is 14.8 Å². The van der Waals surface area contributed by atoms with E-state index >= 15 is 0 Å². The monoisotopic (exact) mass is 414 g/mol. The largest absolute Gasteiger partial charge is 0.600 e. The van der Waals surface area contributed by atoms with E-state index in [0.717, 1.165) is 10.9 Å². The molecule has 0 N–H and O–H groups in total. The minimum atomic E-state index is -4.18. The molecule has 0 saturated heterocycles. The van der Waals surface area contributed by atoms with E-state index in [2.05, 4.69) is 0 Å². The summed E-state index contributed by atoms with van der Waals surface area (Å²) in [6, 6.07) is 7.21. The van der Waals surface area contributed by atoms with Gasteiger partial charge in [0.15, 0.2) is 9.58 Å². The average molecular weight is 415 g/mol. The number of aryl methyl sites for hydroxylation is 1. The Morgan fingerprint density at radius 3 is 1.96 bits per heavy atom. The molecule has 0 radical (unpaired) electrons. The van der Waals surface area contributed by atoms with Crippen molar-refractivity contribution >= 4 is 20.6 Å². The number of alkyl halides is 3. The molecule has 8 heteroatoms. The Kier molecular flexibility index (Phi) is 6.63. The van der Waals surface area contributed by atoms with Gasteiger partial charge in [0.25, 0.3) is 0 Å². The highest BCUT2D eigenvalue weighted by Gasteiger charge is 2.47. The fraction of sp³-hybridized carbons (Fsp3) is 0.467. The number of hydrogen-bond acceptors (Lipinski definition) is 3.